The highest BCUT2D eigenvalue weighted by atomic mass is 35.5. The van der Waals surface area contributed by atoms with E-state index in [2.05, 4.69) is 68.9 Å². The van der Waals surface area contributed by atoms with Gasteiger partial charge < -0.3 is 0 Å². The molecule has 4 rings (SSSR count). The van der Waals surface area contributed by atoms with Crippen molar-refractivity contribution in [2.75, 3.05) is 14.1 Å². The Morgan fingerprint density at radius 1 is 0.969 bits per heavy atom. The van der Waals surface area contributed by atoms with E-state index < -0.39 is 0 Å². The molecule has 0 aliphatic heterocycles. The van der Waals surface area contributed by atoms with Gasteiger partial charge in [-0.2, -0.15) is 5.10 Å². The number of aromatic nitrogens is 5. The zero-order chi connectivity index (χ0) is 22.8. The molecule has 166 valence electrons. The quantitative estimate of drug-likeness (QED) is 0.330. The first-order valence-electron chi connectivity index (χ1n) is 10.5. The lowest BCUT2D eigenvalue weighted by Gasteiger charge is -2.20. The van der Waals surface area contributed by atoms with Gasteiger partial charge in [-0.25, -0.2) is 4.68 Å². The van der Waals surface area contributed by atoms with Gasteiger partial charge in [0.2, 0.25) is 0 Å². The van der Waals surface area contributed by atoms with Crippen LogP contribution in [-0.4, -0.2) is 43.5 Å². The summed E-state index contributed by atoms with van der Waals surface area (Å²) in [5.74, 6) is 1.69. The lowest BCUT2D eigenvalue weighted by Crippen LogP contribution is -2.20. The van der Waals surface area contributed by atoms with E-state index in [1.807, 2.05) is 50.0 Å². The van der Waals surface area contributed by atoms with Crippen molar-refractivity contribution in [1.29, 1.82) is 0 Å². The third-order valence-electron chi connectivity index (χ3n) is 5.45. The molecular formula is C24H27ClN6S. The number of halogens is 1. The number of benzene rings is 2. The van der Waals surface area contributed by atoms with E-state index in [0.29, 0.717) is 5.02 Å². The lowest BCUT2D eigenvalue weighted by molar-refractivity contribution is 0.305. The molecule has 2 heterocycles. The highest BCUT2D eigenvalue weighted by molar-refractivity contribution is 7.98. The van der Waals surface area contributed by atoms with Crippen LogP contribution in [0.5, 0.6) is 0 Å². The van der Waals surface area contributed by atoms with Crippen molar-refractivity contribution in [2.24, 2.45) is 0 Å². The van der Waals surface area contributed by atoms with Gasteiger partial charge in [0.05, 0.1) is 17.4 Å². The molecule has 0 spiro atoms. The molecule has 8 heteroatoms. The number of nitrogens with zero attached hydrogens (tertiary/aromatic N) is 6. The maximum Gasteiger partial charge on any atom is 0.196 e. The van der Waals surface area contributed by atoms with Crippen molar-refractivity contribution >= 4 is 23.4 Å². The lowest BCUT2D eigenvalue weighted by atomic mass is 10.2. The van der Waals surface area contributed by atoms with Crippen molar-refractivity contribution in [1.82, 2.24) is 29.4 Å². The van der Waals surface area contributed by atoms with Crippen LogP contribution in [0.25, 0.3) is 11.4 Å². The molecule has 0 N–H and O–H groups in total. The molecule has 0 amide bonds. The average molecular weight is 467 g/mol. The van der Waals surface area contributed by atoms with Gasteiger partial charge in [-0.05, 0) is 82.9 Å². The smallest absolute Gasteiger partial charge is 0.196 e. The fourth-order valence-corrected chi connectivity index (χ4v) is 4.52. The second kappa shape index (κ2) is 9.48. The first-order valence-corrected chi connectivity index (χ1v) is 11.8. The zero-order valence-corrected chi connectivity index (χ0v) is 20.5. The van der Waals surface area contributed by atoms with Gasteiger partial charge in [0, 0.05) is 22.2 Å². The second-order valence-electron chi connectivity index (χ2n) is 8.09. The molecule has 0 radical (unpaired) electrons. The van der Waals surface area contributed by atoms with Crippen LogP contribution in [-0.2, 0) is 5.75 Å². The van der Waals surface area contributed by atoms with Crippen molar-refractivity contribution in [2.45, 2.75) is 37.7 Å². The molecule has 0 fully saturated rings. The van der Waals surface area contributed by atoms with Gasteiger partial charge in [-0.1, -0.05) is 35.5 Å². The molecular weight excluding hydrogens is 440 g/mol. The molecule has 1 atom stereocenters. The normalized spacial score (nSPS) is 12.5. The molecule has 1 unspecified atom stereocenters. The number of hydrogen-bond donors (Lipinski definition) is 0. The van der Waals surface area contributed by atoms with E-state index in [9.17, 15) is 0 Å². The van der Waals surface area contributed by atoms with E-state index >= 15 is 0 Å². The summed E-state index contributed by atoms with van der Waals surface area (Å²) in [6.07, 6.45) is 0. The van der Waals surface area contributed by atoms with E-state index in [1.54, 1.807) is 11.8 Å². The van der Waals surface area contributed by atoms with Crippen LogP contribution in [0.1, 0.15) is 35.7 Å². The van der Waals surface area contributed by atoms with Crippen LogP contribution in [0.4, 0.5) is 0 Å². The first-order chi connectivity index (χ1) is 15.3. The Hall–Kier alpha value is -2.61. The summed E-state index contributed by atoms with van der Waals surface area (Å²) in [6, 6.07) is 18.5. The highest BCUT2D eigenvalue weighted by Gasteiger charge is 2.21. The van der Waals surface area contributed by atoms with Crippen LogP contribution in [0.3, 0.4) is 0 Å². The number of rotatable bonds is 7. The van der Waals surface area contributed by atoms with Crippen LogP contribution >= 0.6 is 23.4 Å². The van der Waals surface area contributed by atoms with Gasteiger partial charge in [-0.3, -0.25) is 9.47 Å². The van der Waals surface area contributed by atoms with Crippen molar-refractivity contribution in [3.63, 3.8) is 0 Å². The highest BCUT2D eigenvalue weighted by Crippen LogP contribution is 2.29. The summed E-state index contributed by atoms with van der Waals surface area (Å²) < 4.78 is 4.09. The van der Waals surface area contributed by atoms with Crippen LogP contribution < -0.4 is 0 Å². The minimum atomic E-state index is 0.118. The molecule has 0 bridgehead atoms. The van der Waals surface area contributed by atoms with E-state index in [0.717, 1.165) is 39.5 Å². The summed E-state index contributed by atoms with van der Waals surface area (Å²) in [5, 5.41) is 15.2. The average Bonchev–Trinajstić information content (AvgIpc) is 3.35. The summed E-state index contributed by atoms with van der Waals surface area (Å²) in [4.78, 5) is 2.13. The van der Waals surface area contributed by atoms with Crippen molar-refractivity contribution in [3.05, 3.63) is 82.4 Å². The maximum atomic E-state index is 6.11. The summed E-state index contributed by atoms with van der Waals surface area (Å²) in [5.41, 5.74) is 5.43. The van der Waals surface area contributed by atoms with E-state index in [1.165, 1.54) is 5.56 Å². The molecule has 0 aliphatic carbocycles. The largest absolute Gasteiger partial charge is 0.300 e. The second-order valence-corrected chi connectivity index (χ2v) is 9.47. The van der Waals surface area contributed by atoms with Gasteiger partial charge in [-0.15, -0.1) is 10.2 Å². The Bertz CT molecular complexity index is 1190. The van der Waals surface area contributed by atoms with E-state index in [4.69, 9.17) is 11.6 Å². The van der Waals surface area contributed by atoms with Crippen molar-refractivity contribution < 1.29 is 0 Å². The Morgan fingerprint density at radius 3 is 2.22 bits per heavy atom. The van der Waals surface area contributed by atoms with Gasteiger partial charge >= 0.3 is 0 Å². The third kappa shape index (κ3) is 4.75. The number of aryl methyl sites for hydroxylation is 2. The van der Waals surface area contributed by atoms with Gasteiger partial charge in [0.1, 0.15) is 0 Å². The minimum Gasteiger partial charge on any atom is -0.300 e. The van der Waals surface area contributed by atoms with Gasteiger partial charge in [0.25, 0.3) is 0 Å². The molecule has 0 saturated heterocycles. The number of hydrogen-bond acceptors (Lipinski definition) is 5. The van der Waals surface area contributed by atoms with E-state index in [-0.39, 0.29) is 6.04 Å². The molecule has 2 aromatic heterocycles. The Balaban J connectivity index is 1.58. The monoisotopic (exact) mass is 466 g/mol. The first kappa shape index (κ1) is 22.6. The van der Waals surface area contributed by atoms with Gasteiger partial charge in [0.15, 0.2) is 11.0 Å². The molecule has 0 saturated carbocycles. The summed E-state index contributed by atoms with van der Waals surface area (Å²) >= 11 is 7.79. The van der Waals surface area contributed by atoms with Crippen LogP contribution in [0.2, 0.25) is 5.02 Å². The summed E-state index contributed by atoms with van der Waals surface area (Å²) in [6.45, 7) is 6.21. The molecule has 4 aromatic rings. The molecule has 6 nitrogen and oxygen atoms in total. The minimum absolute atomic E-state index is 0.118. The fraction of sp³-hybridized carbons (Fsp3) is 0.292. The fourth-order valence-electron chi connectivity index (χ4n) is 3.48. The Kier molecular flexibility index (Phi) is 6.69. The topological polar surface area (TPSA) is 51.8 Å². The van der Waals surface area contributed by atoms with Crippen LogP contribution in [0.15, 0.2) is 59.8 Å². The zero-order valence-electron chi connectivity index (χ0n) is 19.0. The third-order valence-corrected chi connectivity index (χ3v) is 6.70. The van der Waals surface area contributed by atoms with Crippen molar-refractivity contribution in [3.8, 4) is 11.4 Å². The standard InChI is InChI=1S/C24H27ClN6S/c1-16-14-17(2)31(28-16)22-10-6-19(7-11-22)15-32-24-27-26-23(18(3)29(4)5)30(24)21-12-8-20(25)9-13-21/h6-14,18H,15H2,1-5H3. The molecule has 2 aromatic carbocycles. The molecule has 32 heavy (non-hydrogen) atoms. The Labute approximate surface area is 198 Å². The molecule has 0 aliphatic rings. The predicted molar refractivity (Wildman–Crippen MR) is 131 cm³/mol. The maximum absolute atomic E-state index is 6.11. The summed E-state index contributed by atoms with van der Waals surface area (Å²) in [7, 11) is 4.09. The number of thioether (sulfide) groups is 1. The predicted octanol–water partition coefficient (Wildman–Crippen LogP) is 5.64. The SMILES string of the molecule is Cc1cc(C)n(-c2ccc(CSc3nnc(C(C)N(C)C)n3-c3ccc(Cl)cc3)cc2)n1. The van der Waals surface area contributed by atoms with Crippen LogP contribution in [0, 0.1) is 13.8 Å². The Morgan fingerprint density at radius 2 is 1.62 bits per heavy atom.